The summed E-state index contributed by atoms with van der Waals surface area (Å²) < 4.78 is 5.32. The number of ether oxygens (including phenoxy) is 1. The molecule has 0 unspecified atom stereocenters. The van der Waals surface area contributed by atoms with Crippen molar-refractivity contribution in [3.05, 3.63) is 59.1 Å². The van der Waals surface area contributed by atoms with Crippen LogP contribution in [0.1, 0.15) is 12.5 Å². The quantitative estimate of drug-likeness (QED) is 0.506. The van der Waals surface area contributed by atoms with E-state index < -0.39 is 0 Å². The molecule has 0 bridgehead atoms. The van der Waals surface area contributed by atoms with Crippen molar-refractivity contribution in [2.75, 3.05) is 12.3 Å². The summed E-state index contributed by atoms with van der Waals surface area (Å²) in [6.07, 6.45) is 0. The SMILES string of the molecule is CC(=NNC(=O)COc1ccc(Cl)cc1)c1cccc(N)c1. The maximum Gasteiger partial charge on any atom is 0.277 e. The Morgan fingerprint density at radius 3 is 2.68 bits per heavy atom. The minimum atomic E-state index is -0.349. The molecule has 0 aromatic heterocycles. The van der Waals surface area contributed by atoms with Crippen LogP contribution in [0.3, 0.4) is 0 Å². The van der Waals surface area contributed by atoms with E-state index in [1.807, 2.05) is 12.1 Å². The van der Waals surface area contributed by atoms with E-state index >= 15 is 0 Å². The van der Waals surface area contributed by atoms with Gasteiger partial charge in [-0.05, 0) is 48.9 Å². The van der Waals surface area contributed by atoms with Crippen molar-refractivity contribution in [1.82, 2.24) is 5.43 Å². The predicted octanol–water partition coefficient (Wildman–Crippen LogP) is 2.84. The third-order valence-electron chi connectivity index (χ3n) is 2.84. The van der Waals surface area contributed by atoms with Gasteiger partial charge in [-0.15, -0.1) is 0 Å². The van der Waals surface area contributed by atoms with Crippen molar-refractivity contribution in [2.24, 2.45) is 5.10 Å². The van der Waals surface area contributed by atoms with E-state index in [9.17, 15) is 4.79 Å². The van der Waals surface area contributed by atoms with Crippen LogP contribution in [0.4, 0.5) is 5.69 Å². The molecule has 0 heterocycles. The van der Waals surface area contributed by atoms with Crippen LogP contribution in [0.2, 0.25) is 5.02 Å². The Morgan fingerprint density at radius 2 is 2.00 bits per heavy atom. The first-order valence-electron chi connectivity index (χ1n) is 6.62. The van der Waals surface area contributed by atoms with Crippen molar-refractivity contribution in [2.45, 2.75) is 6.92 Å². The lowest BCUT2D eigenvalue weighted by Crippen LogP contribution is -2.25. The summed E-state index contributed by atoms with van der Waals surface area (Å²) in [5, 5.41) is 4.63. The van der Waals surface area contributed by atoms with Crippen molar-refractivity contribution in [3.63, 3.8) is 0 Å². The monoisotopic (exact) mass is 317 g/mol. The zero-order chi connectivity index (χ0) is 15.9. The average Bonchev–Trinajstić information content (AvgIpc) is 2.52. The molecular weight excluding hydrogens is 302 g/mol. The van der Waals surface area contributed by atoms with Gasteiger partial charge in [-0.1, -0.05) is 23.7 Å². The number of hydrazone groups is 1. The molecule has 0 atom stereocenters. The van der Waals surface area contributed by atoms with Crippen LogP contribution in [0.5, 0.6) is 5.75 Å². The lowest BCUT2D eigenvalue weighted by molar-refractivity contribution is -0.123. The Balaban J connectivity index is 1.86. The number of carbonyl (C=O) groups is 1. The summed E-state index contributed by atoms with van der Waals surface area (Å²) in [4.78, 5) is 11.7. The number of amides is 1. The Morgan fingerprint density at radius 1 is 1.27 bits per heavy atom. The molecule has 0 aliphatic carbocycles. The Hall–Kier alpha value is -2.53. The fourth-order valence-electron chi connectivity index (χ4n) is 1.69. The number of benzene rings is 2. The van der Waals surface area contributed by atoms with Gasteiger partial charge in [0.15, 0.2) is 6.61 Å². The van der Waals surface area contributed by atoms with Crippen LogP contribution in [-0.4, -0.2) is 18.2 Å². The van der Waals surface area contributed by atoms with Crippen LogP contribution in [0, 0.1) is 0 Å². The van der Waals surface area contributed by atoms with Gasteiger partial charge in [-0.2, -0.15) is 5.10 Å². The number of nitrogen functional groups attached to an aromatic ring is 1. The number of nitrogens with zero attached hydrogens (tertiary/aromatic N) is 1. The van der Waals surface area contributed by atoms with Gasteiger partial charge in [0.25, 0.3) is 5.91 Å². The zero-order valence-corrected chi connectivity index (χ0v) is 12.8. The number of carbonyl (C=O) groups excluding carboxylic acids is 1. The van der Waals surface area contributed by atoms with Crippen molar-refractivity contribution in [3.8, 4) is 5.75 Å². The number of hydrogen-bond donors (Lipinski definition) is 2. The van der Waals surface area contributed by atoms with Gasteiger partial charge >= 0.3 is 0 Å². The molecule has 2 aromatic rings. The molecule has 2 aromatic carbocycles. The Labute approximate surface area is 133 Å². The molecule has 114 valence electrons. The third-order valence-corrected chi connectivity index (χ3v) is 3.09. The summed E-state index contributed by atoms with van der Waals surface area (Å²) in [5.41, 5.74) is 10.3. The Bertz CT molecular complexity index is 684. The van der Waals surface area contributed by atoms with Gasteiger partial charge in [0, 0.05) is 10.7 Å². The molecule has 0 radical (unpaired) electrons. The fourth-order valence-corrected chi connectivity index (χ4v) is 1.81. The lowest BCUT2D eigenvalue weighted by Gasteiger charge is -2.06. The summed E-state index contributed by atoms with van der Waals surface area (Å²) in [6.45, 7) is 1.66. The average molecular weight is 318 g/mol. The summed E-state index contributed by atoms with van der Waals surface area (Å²) >= 11 is 5.77. The van der Waals surface area contributed by atoms with Gasteiger partial charge < -0.3 is 10.5 Å². The second-order valence-corrected chi connectivity index (χ2v) is 5.04. The summed E-state index contributed by atoms with van der Waals surface area (Å²) in [6, 6.07) is 14.0. The maximum absolute atomic E-state index is 11.7. The molecule has 1 amide bonds. The minimum absolute atomic E-state index is 0.130. The molecule has 0 aliphatic rings. The number of rotatable bonds is 5. The molecule has 3 N–H and O–H groups in total. The van der Waals surface area contributed by atoms with E-state index in [-0.39, 0.29) is 12.5 Å². The topological polar surface area (TPSA) is 76.7 Å². The molecule has 0 aliphatic heterocycles. The van der Waals surface area contributed by atoms with Gasteiger partial charge in [-0.25, -0.2) is 5.43 Å². The van der Waals surface area contributed by atoms with E-state index in [1.54, 1.807) is 43.3 Å². The van der Waals surface area contributed by atoms with Crippen molar-refractivity contribution >= 4 is 28.9 Å². The van der Waals surface area contributed by atoms with E-state index in [1.165, 1.54) is 0 Å². The molecule has 2 rings (SSSR count). The smallest absolute Gasteiger partial charge is 0.277 e. The number of nitrogens with one attached hydrogen (secondary N) is 1. The molecule has 5 nitrogen and oxygen atoms in total. The molecule has 0 fully saturated rings. The van der Waals surface area contributed by atoms with Gasteiger partial charge in [-0.3, -0.25) is 4.79 Å². The first-order valence-corrected chi connectivity index (χ1v) is 7.00. The van der Waals surface area contributed by atoms with Gasteiger partial charge in [0.2, 0.25) is 0 Å². The second kappa shape index (κ2) is 7.47. The van der Waals surface area contributed by atoms with E-state index in [0.29, 0.717) is 22.2 Å². The zero-order valence-electron chi connectivity index (χ0n) is 12.0. The largest absolute Gasteiger partial charge is 0.484 e. The van der Waals surface area contributed by atoms with Crippen molar-refractivity contribution in [1.29, 1.82) is 0 Å². The maximum atomic E-state index is 11.7. The highest BCUT2D eigenvalue weighted by molar-refractivity contribution is 6.30. The number of nitrogens with two attached hydrogens (primary N) is 1. The fraction of sp³-hybridized carbons (Fsp3) is 0.125. The van der Waals surface area contributed by atoms with E-state index in [2.05, 4.69) is 10.5 Å². The normalized spacial score (nSPS) is 11.1. The molecule has 0 saturated carbocycles. The van der Waals surface area contributed by atoms with E-state index in [4.69, 9.17) is 22.1 Å². The van der Waals surface area contributed by atoms with Crippen LogP contribution >= 0.6 is 11.6 Å². The third kappa shape index (κ3) is 4.79. The Kier molecular flexibility index (Phi) is 5.38. The molecule has 0 saturated heterocycles. The number of hydrogen-bond acceptors (Lipinski definition) is 4. The highest BCUT2D eigenvalue weighted by Crippen LogP contribution is 2.15. The molecule has 22 heavy (non-hydrogen) atoms. The van der Waals surface area contributed by atoms with Crippen LogP contribution in [0.15, 0.2) is 53.6 Å². The number of halogens is 1. The first kappa shape index (κ1) is 15.9. The highest BCUT2D eigenvalue weighted by Gasteiger charge is 2.03. The standard InChI is InChI=1S/C16H16ClN3O2/c1-11(12-3-2-4-14(18)9-12)19-20-16(21)10-22-15-7-5-13(17)6-8-15/h2-9H,10,18H2,1H3,(H,20,21). The van der Waals surface area contributed by atoms with Crippen LogP contribution in [0.25, 0.3) is 0 Å². The predicted molar refractivity (Wildman–Crippen MR) is 88.2 cm³/mol. The number of anilines is 1. The van der Waals surface area contributed by atoms with Gasteiger partial charge in [0.1, 0.15) is 5.75 Å². The molecule has 6 heteroatoms. The summed E-state index contributed by atoms with van der Waals surface area (Å²) in [7, 11) is 0. The highest BCUT2D eigenvalue weighted by atomic mass is 35.5. The minimum Gasteiger partial charge on any atom is -0.484 e. The van der Waals surface area contributed by atoms with E-state index in [0.717, 1.165) is 5.56 Å². The second-order valence-electron chi connectivity index (χ2n) is 4.60. The molecule has 0 spiro atoms. The first-order chi connectivity index (χ1) is 10.5. The van der Waals surface area contributed by atoms with Crippen molar-refractivity contribution < 1.29 is 9.53 Å². The van der Waals surface area contributed by atoms with Crippen LogP contribution in [-0.2, 0) is 4.79 Å². The van der Waals surface area contributed by atoms with Crippen LogP contribution < -0.4 is 15.9 Å². The molecular formula is C16H16ClN3O2. The summed E-state index contributed by atoms with van der Waals surface area (Å²) in [5.74, 6) is 0.217. The van der Waals surface area contributed by atoms with Gasteiger partial charge in [0.05, 0.1) is 5.71 Å². The lowest BCUT2D eigenvalue weighted by atomic mass is 10.1.